The van der Waals surface area contributed by atoms with E-state index < -0.39 is 0 Å². The summed E-state index contributed by atoms with van der Waals surface area (Å²) in [6.07, 6.45) is 0. The van der Waals surface area contributed by atoms with E-state index in [0.29, 0.717) is 33.1 Å². The van der Waals surface area contributed by atoms with E-state index >= 15 is 0 Å². The van der Waals surface area contributed by atoms with Gasteiger partial charge in [-0.3, -0.25) is 14.4 Å². The Kier molecular flexibility index (Phi) is 5.87. The highest BCUT2D eigenvalue weighted by Gasteiger charge is 2.10. The van der Waals surface area contributed by atoms with Crippen LogP contribution in [0.4, 0.5) is 11.4 Å². The van der Waals surface area contributed by atoms with Crippen molar-refractivity contribution in [3.63, 3.8) is 0 Å². The van der Waals surface area contributed by atoms with Gasteiger partial charge in [-0.2, -0.15) is 0 Å². The van der Waals surface area contributed by atoms with Crippen molar-refractivity contribution < 1.29 is 14.4 Å². The van der Waals surface area contributed by atoms with Gasteiger partial charge >= 0.3 is 0 Å². The van der Waals surface area contributed by atoms with Crippen LogP contribution in [0.3, 0.4) is 0 Å². The molecule has 0 aliphatic heterocycles. The summed E-state index contributed by atoms with van der Waals surface area (Å²) in [5.41, 5.74) is 2.44. The molecule has 140 valence electrons. The molecule has 28 heavy (non-hydrogen) atoms. The number of amides is 2. The molecular formula is C22H17ClN2O3. The van der Waals surface area contributed by atoms with Crippen molar-refractivity contribution in [2.45, 2.75) is 6.92 Å². The Balaban J connectivity index is 1.68. The van der Waals surface area contributed by atoms with Gasteiger partial charge in [0.25, 0.3) is 11.8 Å². The van der Waals surface area contributed by atoms with Crippen molar-refractivity contribution in [2.75, 3.05) is 10.6 Å². The lowest BCUT2D eigenvalue weighted by atomic mass is 10.1. The van der Waals surface area contributed by atoms with Gasteiger partial charge in [0.2, 0.25) is 0 Å². The third kappa shape index (κ3) is 4.84. The summed E-state index contributed by atoms with van der Waals surface area (Å²) in [7, 11) is 0. The molecule has 0 bridgehead atoms. The molecule has 5 nitrogen and oxygen atoms in total. The first-order valence-electron chi connectivity index (χ1n) is 8.52. The number of rotatable bonds is 5. The lowest BCUT2D eigenvalue weighted by Crippen LogP contribution is -2.14. The number of benzene rings is 3. The van der Waals surface area contributed by atoms with Gasteiger partial charge in [0, 0.05) is 33.1 Å². The van der Waals surface area contributed by atoms with Crippen LogP contribution >= 0.6 is 11.6 Å². The summed E-state index contributed by atoms with van der Waals surface area (Å²) >= 11 is 5.91. The first-order valence-corrected chi connectivity index (χ1v) is 8.89. The number of hydrogen-bond acceptors (Lipinski definition) is 3. The lowest BCUT2D eigenvalue weighted by Gasteiger charge is -2.08. The molecule has 3 rings (SSSR count). The first kappa shape index (κ1) is 19.3. The second kappa shape index (κ2) is 8.50. The molecule has 3 aromatic rings. The Morgan fingerprint density at radius 2 is 1.18 bits per heavy atom. The Labute approximate surface area is 167 Å². The van der Waals surface area contributed by atoms with Crippen molar-refractivity contribution in [3.8, 4) is 0 Å². The Morgan fingerprint density at radius 1 is 0.679 bits per heavy atom. The number of nitrogens with one attached hydrogen (secondary N) is 2. The quantitative estimate of drug-likeness (QED) is 0.597. The van der Waals surface area contributed by atoms with Crippen LogP contribution in [0.5, 0.6) is 0 Å². The molecule has 6 heteroatoms. The zero-order valence-electron chi connectivity index (χ0n) is 15.0. The lowest BCUT2D eigenvalue weighted by molar-refractivity contribution is 0.101. The third-order valence-corrected chi connectivity index (χ3v) is 4.25. The maximum Gasteiger partial charge on any atom is 0.255 e. The van der Waals surface area contributed by atoms with Gasteiger partial charge in [0.1, 0.15) is 0 Å². The Hall–Kier alpha value is -3.44. The van der Waals surface area contributed by atoms with Crippen LogP contribution in [-0.2, 0) is 0 Å². The zero-order chi connectivity index (χ0) is 20.1. The number of hydrogen-bond donors (Lipinski definition) is 2. The maximum absolute atomic E-state index is 12.4. The summed E-state index contributed by atoms with van der Waals surface area (Å²) in [6, 6.07) is 19.8. The molecule has 2 amide bonds. The summed E-state index contributed by atoms with van der Waals surface area (Å²) in [6.45, 7) is 1.47. The Morgan fingerprint density at radius 3 is 1.68 bits per heavy atom. The number of Topliss-reactive ketones (excluding diaryl/α,β-unsaturated/α-hetero) is 1. The fourth-order valence-corrected chi connectivity index (χ4v) is 2.75. The highest BCUT2D eigenvalue weighted by Crippen LogP contribution is 2.17. The third-order valence-electron chi connectivity index (χ3n) is 4.02. The molecule has 2 N–H and O–H groups in total. The van der Waals surface area contributed by atoms with Crippen LogP contribution in [0.2, 0.25) is 5.02 Å². The fraction of sp³-hybridized carbons (Fsp3) is 0.0455. The molecular weight excluding hydrogens is 376 g/mol. The summed E-state index contributed by atoms with van der Waals surface area (Å²) in [5.74, 6) is -0.711. The van der Waals surface area contributed by atoms with E-state index in [1.807, 2.05) is 0 Å². The fourth-order valence-electron chi connectivity index (χ4n) is 2.56. The molecule has 0 aliphatic rings. The van der Waals surface area contributed by atoms with E-state index in [1.54, 1.807) is 72.8 Å². The number of ketones is 1. The molecule has 0 unspecified atom stereocenters. The summed E-state index contributed by atoms with van der Waals surface area (Å²) in [5, 5.41) is 6.02. The van der Waals surface area contributed by atoms with E-state index in [9.17, 15) is 14.4 Å². The predicted molar refractivity (Wildman–Crippen MR) is 110 cm³/mol. The molecule has 0 radical (unpaired) electrons. The SMILES string of the molecule is CC(=O)c1cccc(NC(=O)c2ccc(C(=O)Nc3cccc(Cl)c3)cc2)c1. The van der Waals surface area contributed by atoms with Crippen molar-refractivity contribution in [3.05, 3.63) is 94.5 Å². The minimum Gasteiger partial charge on any atom is -0.322 e. The minimum atomic E-state index is -0.331. The Bertz CT molecular complexity index is 1050. The van der Waals surface area contributed by atoms with Crippen molar-refractivity contribution >= 4 is 40.6 Å². The summed E-state index contributed by atoms with van der Waals surface area (Å²) in [4.78, 5) is 36.2. The van der Waals surface area contributed by atoms with Crippen LogP contribution < -0.4 is 10.6 Å². The van der Waals surface area contributed by atoms with Crippen LogP contribution in [0.15, 0.2) is 72.8 Å². The minimum absolute atomic E-state index is 0.0776. The van der Waals surface area contributed by atoms with Gasteiger partial charge < -0.3 is 10.6 Å². The van der Waals surface area contributed by atoms with Crippen molar-refractivity contribution in [2.24, 2.45) is 0 Å². The standard InChI is InChI=1S/C22H17ClN2O3/c1-14(26)17-4-2-6-19(12-17)24-21(27)15-8-10-16(11-9-15)22(28)25-20-7-3-5-18(23)13-20/h2-13H,1H3,(H,24,27)(H,25,28). The topological polar surface area (TPSA) is 75.3 Å². The maximum atomic E-state index is 12.4. The van der Waals surface area contributed by atoms with Gasteiger partial charge in [0.05, 0.1) is 0 Å². The van der Waals surface area contributed by atoms with Gasteiger partial charge in [-0.1, -0.05) is 29.8 Å². The molecule has 0 aliphatic carbocycles. The van der Waals surface area contributed by atoms with E-state index in [1.165, 1.54) is 6.92 Å². The molecule has 0 heterocycles. The second-order valence-corrected chi connectivity index (χ2v) is 6.57. The molecule has 0 spiro atoms. The van der Waals surface area contributed by atoms with Gasteiger partial charge in [0.15, 0.2) is 5.78 Å². The second-order valence-electron chi connectivity index (χ2n) is 6.13. The smallest absolute Gasteiger partial charge is 0.255 e. The average Bonchev–Trinajstić information content (AvgIpc) is 2.68. The number of anilines is 2. The van der Waals surface area contributed by atoms with Crippen molar-refractivity contribution in [1.29, 1.82) is 0 Å². The highest BCUT2D eigenvalue weighted by atomic mass is 35.5. The molecule has 0 aromatic heterocycles. The predicted octanol–water partition coefficient (Wildman–Crippen LogP) is 5.05. The van der Waals surface area contributed by atoms with E-state index in [2.05, 4.69) is 10.6 Å². The van der Waals surface area contributed by atoms with E-state index in [-0.39, 0.29) is 17.6 Å². The molecule has 0 saturated heterocycles. The largest absolute Gasteiger partial charge is 0.322 e. The number of carbonyl (C=O) groups is 3. The first-order chi connectivity index (χ1) is 13.4. The van der Waals surface area contributed by atoms with Crippen LogP contribution in [0.1, 0.15) is 38.0 Å². The normalized spacial score (nSPS) is 10.2. The van der Waals surface area contributed by atoms with Gasteiger partial charge in [-0.15, -0.1) is 0 Å². The van der Waals surface area contributed by atoms with Crippen LogP contribution in [0.25, 0.3) is 0 Å². The molecule has 0 fully saturated rings. The number of carbonyl (C=O) groups excluding carboxylic acids is 3. The van der Waals surface area contributed by atoms with Gasteiger partial charge in [-0.25, -0.2) is 0 Å². The zero-order valence-corrected chi connectivity index (χ0v) is 15.8. The average molecular weight is 393 g/mol. The monoisotopic (exact) mass is 392 g/mol. The van der Waals surface area contributed by atoms with E-state index in [4.69, 9.17) is 11.6 Å². The summed E-state index contributed by atoms with van der Waals surface area (Å²) < 4.78 is 0. The molecule has 0 atom stereocenters. The van der Waals surface area contributed by atoms with Gasteiger partial charge in [-0.05, 0) is 61.5 Å². The van der Waals surface area contributed by atoms with Crippen LogP contribution in [-0.4, -0.2) is 17.6 Å². The number of halogens is 1. The molecule has 3 aromatic carbocycles. The van der Waals surface area contributed by atoms with Crippen LogP contribution in [0, 0.1) is 0 Å². The van der Waals surface area contributed by atoms with E-state index in [0.717, 1.165) is 0 Å². The van der Waals surface area contributed by atoms with Crippen molar-refractivity contribution in [1.82, 2.24) is 0 Å². The highest BCUT2D eigenvalue weighted by molar-refractivity contribution is 6.31. The molecule has 0 saturated carbocycles.